The highest BCUT2D eigenvalue weighted by Crippen LogP contribution is 2.40. The van der Waals surface area contributed by atoms with E-state index < -0.39 is 0 Å². The van der Waals surface area contributed by atoms with E-state index in [1.165, 1.54) is 11.1 Å². The summed E-state index contributed by atoms with van der Waals surface area (Å²) >= 11 is 0. The minimum atomic E-state index is -0.380. The van der Waals surface area contributed by atoms with Gasteiger partial charge in [-0.2, -0.15) is 4.98 Å². The van der Waals surface area contributed by atoms with Gasteiger partial charge in [0.1, 0.15) is 0 Å². The predicted octanol–water partition coefficient (Wildman–Crippen LogP) is 2.49. The van der Waals surface area contributed by atoms with Crippen LogP contribution in [0.2, 0.25) is 0 Å². The Morgan fingerprint density at radius 1 is 1.21 bits per heavy atom. The summed E-state index contributed by atoms with van der Waals surface area (Å²) in [6.45, 7) is 0. The Hall–Kier alpha value is -1.68. The van der Waals surface area contributed by atoms with Gasteiger partial charge in [0.2, 0.25) is 5.89 Å². The fourth-order valence-corrected chi connectivity index (χ4v) is 3.29. The largest absolute Gasteiger partial charge is 0.337 e. The molecule has 98 valence electrons. The maximum Gasteiger partial charge on any atom is 0.246 e. The van der Waals surface area contributed by atoms with E-state index in [1.54, 1.807) is 0 Å². The number of benzene rings is 1. The Kier molecular flexibility index (Phi) is 2.30. The predicted molar refractivity (Wildman–Crippen MR) is 70.6 cm³/mol. The lowest BCUT2D eigenvalue weighted by Crippen LogP contribution is -2.33. The normalized spacial score (nSPS) is 23.9. The molecule has 2 aliphatic carbocycles. The first-order valence-corrected chi connectivity index (χ1v) is 6.97. The number of rotatable bonds is 2. The molecule has 0 amide bonds. The molecule has 2 N–H and O–H groups in total. The summed E-state index contributed by atoms with van der Waals surface area (Å²) in [5.74, 6) is 1.72. The van der Waals surface area contributed by atoms with Crippen molar-refractivity contribution in [3.63, 3.8) is 0 Å². The number of hydrogen-bond donors (Lipinski definition) is 1. The van der Waals surface area contributed by atoms with Crippen molar-refractivity contribution < 1.29 is 4.52 Å². The van der Waals surface area contributed by atoms with Gasteiger partial charge in [-0.15, -0.1) is 0 Å². The van der Waals surface area contributed by atoms with Crippen molar-refractivity contribution >= 4 is 0 Å². The molecule has 0 radical (unpaired) electrons. The van der Waals surface area contributed by atoms with E-state index in [0.29, 0.717) is 11.8 Å². The molecule has 1 saturated carbocycles. The zero-order valence-electron chi connectivity index (χ0n) is 10.8. The van der Waals surface area contributed by atoms with Gasteiger partial charge in [-0.3, -0.25) is 0 Å². The summed E-state index contributed by atoms with van der Waals surface area (Å²) < 4.78 is 5.44. The van der Waals surface area contributed by atoms with E-state index in [2.05, 4.69) is 34.4 Å². The summed E-state index contributed by atoms with van der Waals surface area (Å²) in [7, 11) is 0. The van der Waals surface area contributed by atoms with E-state index in [0.717, 1.165) is 37.9 Å². The molecule has 19 heavy (non-hydrogen) atoms. The molecule has 1 fully saturated rings. The van der Waals surface area contributed by atoms with Gasteiger partial charge in [0.25, 0.3) is 0 Å². The second-order valence-corrected chi connectivity index (χ2v) is 5.78. The average Bonchev–Trinajstić information content (AvgIpc) is 3.01. The van der Waals surface area contributed by atoms with Crippen molar-refractivity contribution in [1.29, 1.82) is 0 Å². The third-order valence-corrected chi connectivity index (χ3v) is 4.53. The highest BCUT2D eigenvalue weighted by molar-refractivity contribution is 5.43. The first kappa shape index (κ1) is 11.2. The smallest absolute Gasteiger partial charge is 0.246 e. The molecule has 1 heterocycles. The van der Waals surface area contributed by atoms with Crippen LogP contribution in [0.25, 0.3) is 0 Å². The van der Waals surface area contributed by atoms with Crippen molar-refractivity contribution in [3.8, 4) is 0 Å². The number of nitrogens with two attached hydrogens (primary N) is 1. The van der Waals surface area contributed by atoms with Gasteiger partial charge >= 0.3 is 0 Å². The van der Waals surface area contributed by atoms with Crippen LogP contribution in [0.3, 0.4) is 0 Å². The molecule has 0 saturated heterocycles. The van der Waals surface area contributed by atoms with Crippen LogP contribution in [0.15, 0.2) is 28.8 Å². The summed E-state index contributed by atoms with van der Waals surface area (Å²) in [6.07, 6.45) is 5.22. The summed E-state index contributed by atoms with van der Waals surface area (Å²) in [5.41, 5.74) is 8.69. The van der Waals surface area contributed by atoms with Crippen molar-refractivity contribution in [2.45, 2.75) is 43.6 Å². The summed E-state index contributed by atoms with van der Waals surface area (Å²) in [4.78, 5) is 4.58. The Bertz CT molecular complexity index is 613. The standard InChI is InChI=1S/C15H17N3O/c16-15(7-3-4-8-15)14-17-13(18-19-14)12-9-10-5-1-2-6-11(10)12/h1-2,5-6,12H,3-4,7-9,16H2. The molecule has 1 unspecified atom stereocenters. The topological polar surface area (TPSA) is 64.9 Å². The summed E-state index contributed by atoms with van der Waals surface area (Å²) in [6, 6.07) is 8.44. The van der Waals surface area contributed by atoms with Gasteiger partial charge in [-0.05, 0) is 30.4 Å². The van der Waals surface area contributed by atoms with Crippen LogP contribution in [0.5, 0.6) is 0 Å². The maximum absolute atomic E-state index is 6.35. The Morgan fingerprint density at radius 3 is 2.79 bits per heavy atom. The Balaban J connectivity index is 1.63. The van der Waals surface area contributed by atoms with E-state index >= 15 is 0 Å². The number of nitrogens with zero attached hydrogens (tertiary/aromatic N) is 2. The van der Waals surface area contributed by atoms with Crippen molar-refractivity contribution in [2.24, 2.45) is 5.73 Å². The van der Waals surface area contributed by atoms with Crippen LogP contribution >= 0.6 is 0 Å². The fourth-order valence-electron chi connectivity index (χ4n) is 3.29. The van der Waals surface area contributed by atoms with E-state index in [9.17, 15) is 0 Å². The van der Waals surface area contributed by atoms with Crippen molar-refractivity contribution in [2.75, 3.05) is 0 Å². The number of aromatic nitrogens is 2. The monoisotopic (exact) mass is 255 g/mol. The Labute approximate surface area is 112 Å². The molecule has 2 aromatic rings. The van der Waals surface area contributed by atoms with Crippen LogP contribution in [0.4, 0.5) is 0 Å². The van der Waals surface area contributed by atoms with Gasteiger partial charge in [0.15, 0.2) is 5.82 Å². The molecular weight excluding hydrogens is 238 g/mol. The maximum atomic E-state index is 6.35. The van der Waals surface area contributed by atoms with Crippen LogP contribution in [-0.4, -0.2) is 10.1 Å². The first-order valence-electron chi connectivity index (χ1n) is 6.97. The van der Waals surface area contributed by atoms with Gasteiger partial charge in [-0.1, -0.05) is 42.3 Å². The first-order chi connectivity index (χ1) is 9.26. The molecule has 4 heteroatoms. The van der Waals surface area contributed by atoms with Gasteiger partial charge in [0.05, 0.1) is 11.5 Å². The van der Waals surface area contributed by atoms with E-state index in [1.807, 2.05) is 0 Å². The molecule has 1 atom stereocenters. The van der Waals surface area contributed by atoms with Gasteiger partial charge < -0.3 is 10.3 Å². The molecule has 2 aliphatic rings. The van der Waals surface area contributed by atoms with Crippen LogP contribution < -0.4 is 5.73 Å². The SMILES string of the molecule is NC1(c2nc(C3Cc4ccccc43)no2)CCCC1. The zero-order valence-corrected chi connectivity index (χ0v) is 10.8. The highest BCUT2D eigenvalue weighted by atomic mass is 16.5. The zero-order chi connectivity index (χ0) is 12.9. The minimum Gasteiger partial charge on any atom is -0.337 e. The van der Waals surface area contributed by atoms with Crippen LogP contribution in [-0.2, 0) is 12.0 Å². The molecule has 1 aromatic heterocycles. The minimum absolute atomic E-state index is 0.290. The fraction of sp³-hybridized carbons (Fsp3) is 0.467. The second-order valence-electron chi connectivity index (χ2n) is 5.78. The van der Waals surface area contributed by atoms with E-state index in [4.69, 9.17) is 10.3 Å². The van der Waals surface area contributed by atoms with Crippen molar-refractivity contribution in [1.82, 2.24) is 10.1 Å². The summed E-state index contributed by atoms with van der Waals surface area (Å²) in [5, 5.41) is 4.16. The third kappa shape index (κ3) is 1.63. The molecular formula is C15H17N3O. The third-order valence-electron chi connectivity index (χ3n) is 4.53. The molecule has 4 rings (SSSR count). The molecule has 0 aliphatic heterocycles. The lowest BCUT2D eigenvalue weighted by molar-refractivity contribution is 0.283. The lowest BCUT2D eigenvalue weighted by Gasteiger charge is -2.27. The number of hydrogen-bond acceptors (Lipinski definition) is 4. The van der Waals surface area contributed by atoms with Crippen LogP contribution in [0.1, 0.15) is 54.4 Å². The second kappa shape index (κ2) is 3.90. The lowest BCUT2D eigenvalue weighted by atomic mass is 9.77. The quantitative estimate of drug-likeness (QED) is 0.895. The number of fused-ring (bicyclic) bond motifs is 1. The molecule has 0 bridgehead atoms. The Morgan fingerprint density at radius 2 is 2.00 bits per heavy atom. The average molecular weight is 255 g/mol. The van der Waals surface area contributed by atoms with Gasteiger partial charge in [-0.25, -0.2) is 0 Å². The molecule has 1 aromatic carbocycles. The van der Waals surface area contributed by atoms with Crippen LogP contribution in [0, 0.1) is 0 Å². The highest BCUT2D eigenvalue weighted by Gasteiger charge is 2.38. The van der Waals surface area contributed by atoms with Gasteiger partial charge in [0, 0.05) is 0 Å². The van der Waals surface area contributed by atoms with Crippen molar-refractivity contribution in [3.05, 3.63) is 47.1 Å². The molecule has 4 nitrogen and oxygen atoms in total. The molecule has 0 spiro atoms. The van der Waals surface area contributed by atoms with E-state index in [-0.39, 0.29) is 5.54 Å².